The van der Waals surface area contributed by atoms with Gasteiger partial charge in [0.15, 0.2) is 0 Å². The van der Waals surface area contributed by atoms with Gasteiger partial charge in [0, 0.05) is 30.8 Å². The van der Waals surface area contributed by atoms with E-state index in [2.05, 4.69) is 26.2 Å². The van der Waals surface area contributed by atoms with E-state index >= 15 is 0 Å². The van der Waals surface area contributed by atoms with Crippen LogP contribution in [-0.2, 0) is 4.74 Å². The fourth-order valence-electron chi connectivity index (χ4n) is 1.84. The number of hydrogen-bond acceptors (Lipinski definition) is 3. The number of rotatable bonds is 5. The van der Waals surface area contributed by atoms with Crippen LogP contribution >= 0.6 is 15.9 Å². The van der Waals surface area contributed by atoms with Gasteiger partial charge in [-0.3, -0.25) is 9.78 Å². The molecule has 1 aromatic heterocycles. The Morgan fingerprint density at radius 2 is 2.26 bits per heavy atom. The second-order valence-corrected chi connectivity index (χ2v) is 5.43. The zero-order valence-electron chi connectivity index (χ0n) is 10.6. The molecule has 0 spiro atoms. The number of hydrogen-bond donors (Lipinski definition) is 1. The lowest BCUT2D eigenvalue weighted by atomic mass is 10.1. The van der Waals surface area contributed by atoms with E-state index in [1.54, 1.807) is 19.4 Å². The lowest BCUT2D eigenvalue weighted by Gasteiger charge is -2.11. The summed E-state index contributed by atoms with van der Waals surface area (Å²) in [6.07, 6.45) is 1.72. The first-order chi connectivity index (χ1) is 9.22. The van der Waals surface area contributed by atoms with E-state index in [-0.39, 0.29) is 10.7 Å². The average Bonchev–Trinajstić information content (AvgIpc) is 2.44. The van der Waals surface area contributed by atoms with Gasteiger partial charge in [-0.2, -0.15) is 0 Å². The highest BCUT2D eigenvalue weighted by atomic mass is 79.9. The molecule has 4 nitrogen and oxygen atoms in total. The van der Waals surface area contributed by atoms with Gasteiger partial charge >= 0.3 is 0 Å². The molecule has 0 fully saturated rings. The van der Waals surface area contributed by atoms with E-state index in [4.69, 9.17) is 4.74 Å². The van der Waals surface area contributed by atoms with Crippen molar-refractivity contribution in [2.75, 3.05) is 20.3 Å². The van der Waals surface area contributed by atoms with Crippen LogP contribution in [0, 0.1) is 0 Å². The van der Waals surface area contributed by atoms with Crippen LogP contribution in [0.3, 0.4) is 0 Å². The van der Waals surface area contributed by atoms with Crippen molar-refractivity contribution in [1.29, 1.82) is 0 Å². The second-order valence-electron chi connectivity index (χ2n) is 4.14. The largest absolute Gasteiger partial charge is 0.383 e. The molecule has 0 aliphatic heterocycles. The summed E-state index contributed by atoms with van der Waals surface area (Å²) < 4.78 is 5.00. The van der Waals surface area contributed by atoms with Crippen LogP contribution in [-0.4, -0.2) is 36.0 Å². The number of alkyl halides is 1. The molecule has 0 aliphatic rings. The molecule has 0 saturated heterocycles. The number of nitrogens with one attached hydrogen (secondary N) is 1. The summed E-state index contributed by atoms with van der Waals surface area (Å²) >= 11 is 3.44. The van der Waals surface area contributed by atoms with Gasteiger partial charge in [0.05, 0.1) is 17.0 Å². The summed E-state index contributed by atoms with van der Waals surface area (Å²) in [7, 11) is 1.63. The number of carbonyl (C=O) groups excluding carboxylic acids is 1. The Morgan fingerprint density at radius 3 is 3.05 bits per heavy atom. The Kier molecular flexibility index (Phi) is 4.87. The average molecular weight is 323 g/mol. The maximum absolute atomic E-state index is 12.2. The van der Waals surface area contributed by atoms with Crippen molar-refractivity contribution >= 4 is 32.7 Å². The third-order valence-corrected chi connectivity index (χ3v) is 3.31. The van der Waals surface area contributed by atoms with Gasteiger partial charge in [0.1, 0.15) is 0 Å². The summed E-state index contributed by atoms with van der Waals surface area (Å²) in [5.41, 5.74) is 1.46. The molecule has 0 aliphatic carbocycles. The normalized spacial score (nSPS) is 12.3. The summed E-state index contributed by atoms with van der Waals surface area (Å²) in [5.74, 6) is -0.0980. The number of aromatic nitrogens is 1. The molecule has 0 radical (unpaired) electrons. The van der Waals surface area contributed by atoms with Crippen LogP contribution < -0.4 is 5.32 Å². The molecule has 100 valence electrons. The fraction of sp³-hybridized carbons (Fsp3) is 0.286. The molecule has 1 atom stereocenters. The molecule has 2 rings (SSSR count). The minimum Gasteiger partial charge on any atom is -0.383 e. The van der Waals surface area contributed by atoms with Crippen molar-refractivity contribution in [3.63, 3.8) is 0 Å². The van der Waals surface area contributed by atoms with Gasteiger partial charge in [-0.1, -0.05) is 28.1 Å². The van der Waals surface area contributed by atoms with Gasteiger partial charge in [-0.05, 0) is 18.2 Å². The molecule has 19 heavy (non-hydrogen) atoms. The van der Waals surface area contributed by atoms with Crippen molar-refractivity contribution in [2.24, 2.45) is 0 Å². The molecule has 1 aromatic carbocycles. The van der Waals surface area contributed by atoms with Crippen molar-refractivity contribution < 1.29 is 9.53 Å². The van der Waals surface area contributed by atoms with Crippen LogP contribution in [0.15, 0.2) is 36.5 Å². The van der Waals surface area contributed by atoms with E-state index < -0.39 is 0 Å². The molecule has 0 saturated carbocycles. The second kappa shape index (κ2) is 6.63. The predicted octanol–water partition coefficient (Wildman–Crippen LogP) is 2.37. The number of carbonyl (C=O) groups is 1. The minimum atomic E-state index is -0.0980. The summed E-state index contributed by atoms with van der Waals surface area (Å²) in [6.45, 7) is 1.07. The maximum atomic E-state index is 12.2. The molecule has 1 amide bonds. The topological polar surface area (TPSA) is 51.2 Å². The highest BCUT2D eigenvalue weighted by Crippen LogP contribution is 2.16. The number of halogens is 1. The Balaban J connectivity index is 2.13. The van der Waals surface area contributed by atoms with Gasteiger partial charge in [0.25, 0.3) is 5.91 Å². The van der Waals surface area contributed by atoms with Crippen LogP contribution in [0.1, 0.15) is 10.4 Å². The lowest BCUT2D eigenvalue weighted by molar-refractivity contribution is 0.0951. The Morgan fingerprint density at radius 1 is 1.42 bits per heavy atom. The monoisotopic (exact) mass is 322 g/mol. The lowest BCUT2D eigenvalue weighted by Crippen LogP contribution is -2.31. The quantitative estimate of drug-likeness (QED) is 0.860. The molecular weight excluding hydrogens is 308 g/mol. The zero-order valence-corrected chi connectivity index (χ0v) is 12.2. The van der Waals surface area contributed by atoms with Crippen molar-refractivity contribution in [3.05, 3.63) is 42.1 Å². The third kappa shape index (κ3) is 3.52. The first-order valence-electron chi connectivity index (χ1n) is 5.97. The minimum absolute atomic E-state index is 0.0980. The standard InChI is InChI=1S/C14H15BrN2O2/c1-19-9-10(15)8-17-14(18)12-4-2-6-13-11(12)5-3-7-16-13/h2-7,10H,8-9H2,1H3,(H,17,18). The van der Waals surface area contributed by atoms with E-state index in [1.165, 1.54) is 0 Å². The van der Waals surface area contributed by atoms with E-state index in [0.717, 1.165) is 10.9 Å². The third-order valence-electron chi connectivity index (χ3n) is 2.72. The smallest absolute Gasteiger partial charge is 0.252 e. The highest BCUT2D eigenvalue weighted by molar-refractivity contribution is 9.09. The van der Waals surface area contributed by atoms with Crippen LogP contribution in [0.5, 0.6) is 0 Å². The number of benzene rings is 1. The Hall–Kier alpha value is -1.46. The van der Waals surface area contributed by atoms with Gasteiger partial charge < -0.3 is 10.1 Å². The summed E-state index contributed by atoms with van der Waals surface area (Å²) in [5, 5.41) is 3.74. The number of ether oxygens (including phenoxy) is 1. The fourth-order valence-corrected chi connectivity index (χ4v) is 2.27. The van der Waals surface area contributed by atoms with Gasteiger partial charge in [0.2, 0.25) is 0 Å². The molecule has 2 aromatic rings. The highest BCUT2D eigenvalue weighted by Gasteiger charge is 2.11. The molecule has 1 N–H and O–H groups in total. The Bertz CT molecular complexity index is 569. The SMILES string of the molecule is COCC(Br)CNC(=O)c1cccc2ncccc12. The first-order valence-corrected chi connectivity index (χ1v) is 6.89. The number of pyridine rings is 1. The van der Waals surface area contributed by atoms with Crippen molar-refractivity contribution in [3.8, 4) is 0 Å². The summed E-state index contributed by atoms with van der Waals surface area (Å²) in [6, 6.07) is 9.27. The number of methoxy groups -OCH3 is 1. The van der Waals surface area contributed by atoms with Gasteiger partial charge in [-0.25, -0.2) is 0 Å². The Labute approximate surface area is 120 Å². The molecule has 0 bridgehead atoms. The molecule has 1 unspecified atom stereocenters. The van der Waals surface area contributed by atoms with Crippen LogP contribution in [0.25, 0.3) is 10.9 Å². The van der Waals surface area contributed by atoms with Crippen LogP contribution in [0.4, 0.5) is 0 Å². The summed E-state index contributed by atoms with van der Waals surface area (Å²) in [4.78, 5) is 16.5. The number of amides is 1. The number of nitrogens with zero attached hydrogens (tertiary/aromatic N) is 1. The first kappa shape index (κ1) is 14.0. The predicted molar refractivity (Wildman–Crippen MR) is 78.7 cm³/mol. The maximum Gasteiger partial charge on any atom is 0.252 e. The van der Waals surface area contributed by atoms with E-state index in [0.29, 0.717) is 18.7 Å². The van der Waals surface area contributed by atoms with Crippen LogP contribution in [0.2, 0.25) is 0 Å². The van der Waals surface area contributed by atoms with E-state index in [1.807, 2.05) is 24.3 Å². The van der Waals surface area contributed by atoms with Gasteiger partial charge in [-0.15, -0.1) is 0 Å². The molecular formula is C14H15BrN2O2. The van der Waals surface area contributed by atoms with Crippen molar-refractivity contribution in [1.82, 2.24) is 10.3 Å². The number of fused-ring (bicyclic) bond motifs is 1. The zero-order chi connectivity index (χ0) is 13.7. The van der Waals surface area contributed by atoms with E-state index in [9.17, 15) is 4.79 Å². The van der Waals surface area contributed by atoms with Crippen molar-refractivity contribution in [2.45, 2.75) is 4.83 Å². The molecule has 1 heterocycles. The molecule has 5 heteroatoms.